The zero-order chi connectivity index (χ0) is 14.9. The Hall–Kier alpha value is -1.20. The van der Waals surface area contributed by atoms with Crippen LogP contribution >= 0.6 is 0 Å². The average Bonchev–Trinajstić information content (AvgIpc) is 2.29. The predicted octanol–water partition coefficient (Wildman–Crippen LogP) is 4.08. The molecule has 0 bridgehead atoms. The van der Waals surface area contributed by atoms with Gasteiger partial charge in [-0.3, -0.25) is 0 Å². The molecule has 1 aliphatic rings. The largest absolute Gasteiger partial charge is 0.509 e. The topological polar surface area (TPSA) is 9.23 Å². The van der Waals surface area contributed by atoms with Crippen LogP contribution in [-0.2, 0) is 0 Å². The van der Waals surface area contributed by atoms with Crippen molar-refractivity contribution in [3.63, 3.8) is 0 Å². The molecule has 1 fully saturated rings. The van der Waals surface area contributed by atoms with Crippen LogP contribution in [0.1, 0.15) is 33.1 Å². The molecule has 0 spiro atoms. The Kier molecular flexibility index (Phi) is 4.30. The first kappa shape index (κ1) is 15.2. The maximum atomic E-state index is 13.6. The van der Waals surface area contributed by atoms with E-state index < -0.39 is 18.3 Å². The van der Waals surface area contributed by atoms with E-state index in [4.69, 9.17) is 4.74 Å². The Morgan fingerprint density at radius 1 is 1.05 bits per heavy atom. The maximum absolute atomic E-state index is 13.6. The number of hydrogen-bond acceptors (Lipinski definition) is 1. The maximum Gasteiger partial charge on any atom is 0.509 e. The van der Waals surface area contributed by atoms with Crippen molar-refractivity contribution in [3.8, 4) is 5.75 Å². The fourth-order valence-electron chi connectivity index (χ4n) is 2.96. The summed E-state index contributed by atoms with van der Waals surface area (Å²) >= 11 is 0. The molecular formula is C14H18BF4O-. The van der Waals surface area contributed by atoms with Crippen molar-refractivity contribution in [3.05, 3.63) is 24.0 Å². The SMILES string of the molecule is CC1CC(C)CC(Oc2cc([B-](F)(F)F)ccc2F)C1. The summed E-state index contributed by atoms with van der Waals surface area (Å²) in [5.41, 5.74) is -0.821. The quantitative estimate of drug-likeness (QED) is 0.601. The number of ether oxygens (including phenoxy) is 1. The second kappa shape index (κ2) is 5.66. The molecule has 0 aromatic heterocycles. The van der Waals surface area contributed by atoms with Gasteiger partial charge in [0.25, 0.3) is 0 Å². The van der Waals surface area contributed by atoms with Crippen LogP contribution in [0.3, 0.4) is 0 Å². The zero-order valence-electron chi connectivity index (χ0n) is 11.6. The van der Waals surface area contributed by atoms with Crippen LogP contribution in [0.25, 0.3) is 0 Å². The second-order valence-electron chi connectivity index (χ2n) is 5.92. The van der Waals surface area contributed by atoms with Crippen molar-refractivity contribution in [1.82, 2.24) is 0 Å². The molecule has 2 unspecified atom stereocenters. The molecule has 0 radical (unpaired) electrons. The monoisotopic (exact) mass is 289 g/mol. The van der Waals surface area contributed by atoms with E-state index in [9.17, 15) is 17.3 Å². The molecule has 1 nitrogen and oxygen atoms in total. The number of benzene rings is 1. The lowest BCUT2D eigenvalue weighted by Gasteiger charge is -2.32. The molecule has 1 saturated carbocycles. The lowest BCUT2D eigenvalue weighted by atomic mass is 9.80. The Labute approximate surface area is 116 Å². The number of rotatable bonds is 3. The van der Waals surface area contributed by atoms with E-state index in [2.05, 4.69) is 13.8 Å². The van der Waals surface area contributed by atoms with Crippen molar-refractivity contribution in [2.45, 2.75) is 39.2 Å². The first-order valence-electron chi connectivity index (χ1n) is 6.91. The molecule has 6 heteroatoms. The third-order valence-electron chi connectivity index (χ3n) is 3.76. The fourth-order valence-corrected chi connectivity index (χ4v) is 2.96. The number of halogens is 4. The Balaban J connectivity index is 2.16. The third-order valence-corrected chi connectivity index (χ3v) is 3.76. The smallest absolute Gasteiger partial charge is 0.487 e. The highest BCUT2D eigenvalue weighted by molar-refractivity contribution is 6.73. The molecule has 0 N–H and O–H groups in total. The van der Waals surface area contributed by atoms with Crippen LogP contribution < -0.4 is 10.2 Å². The van der Waals surface area contributed by atoms with E-state index >= 15 is 0 Å². The lowest BCUT2D eigenvalue weighted by Crippen LogP contribution is -2.35. The van der Waals surface area contributed by atoms with Gasteiger partial charge in [-0.2, -0.15) is 0 Å². The van der Waals surface area contributed by atoms with E-state index in [-0.39, 0.29) is 11.9 Å². The molecule has 0 heterocycles. The molecule has 2 atom stereocenters. The van der Waals surface area contributed by atoms with Crippen molar-refractivity contribution in [1.29, 1.82) is 0 Å². The van der Waals surface area contributed by atoms with Crippen molar-refractivity contribution >= 4 is 12.4 Å². The molecule has 0 amide bonds. The Morgan fingerprint density at radius 3 is 2.20 bits per heavy atom. The minimum Gasteiger partial charge on any atom is -0.487 e. The van der Waals surface area contributed by atoms with E-state index in [0.717, 1.165) is 37.5 Å². The highest BCUT2D eigenvalue weighted by atomic mass is 19.4. The second-order valence-corrected chi connectivity index (χ2v) is 5.92. The first-order chi connectivity index (χ1) is 9.25. The predicted molar refractivity (Wildman–Crippen MR) is 71.7 cm³/mol. The summed E-state index contributed by atoms with van der Waals surface area (Å²) in [7, 11) is 0. The van der Waals surface area contributed by atoms with Gasteiger partial charge in [0.15, 0.2) is 11.6 Å². The minimum atomic E-state index is -5.14. The van der Waals surface area contributed by atoms with Gasteiger partial charge in [-0.05, 0) is 43.2 Å². The van der Waals surface area contributed by atoms with Crippen molar-refractivity contribution < 1.29 is 22.1 Å². The number of hydrogen-bond donors (Lipinski definition) is 0. The molecule has 2 rings (SSSR count). The highest BCUT2D eigenvalue weighted by Crippen LogP contribution is 2.32. The van der Waals surface area contributed by atoms with E-state index in [1.54, 1.807) is 0 Å². The van der Waals surface area contributed by atoms with Crippen LogP contribution in [-0.4, -0.2) is 13.1 Å². The van der Waals surface area contributed by atoms with Crippen LogP contribution in [0.15, 0.2) is 18.2 Å². The van der Waals surface area contributed by atoms with Crippen LogP contribution in [0, 0.1) is 17.7 Å². The van der Waals surface area contributed by atoms with Crippen molar-refractivity contribution in [2.75, 3.05) is 0 Å². The Morgan fingerprint density at radius 2 is 1.65 bits per heavy atom. The van der Waals surface area contributed by atoms with Crippen LogP contribution in [0.2, 0.25) is 0 Å². The van der Waals surface area contributed by atoms with E-state index in [1.807, 2.05) is 0 Å². The van der Waals surface area contributed by atoms with Gasteiger partial charge in [0.05, 0.1) is 6.10 Å². The summed E-state index contributed by atoms with van der Waals surface area (Å²) in [6.45, 7) is -0.973. The summed E-state index contributed by atoms with van der Waals surface area (Å²) < 4.78 is 57.2. The third kappa shape index (κ3) is 3.67. The van der Waals surface area contributed by atoms with Gasteiger partial charge in [-0.25, -0.2) is 4.39 Å². The summed E-state index contributed by atoms with van der Waals surface area (Å²) in [5.74, 6) is -0.128. The highest BCUT2D eigenvalue weighted by Gasteiger charge is 2.29. The molecule has 112 valence electrons. The Bertz CT molecular complexity index is 465. The lowest BCUT2D eigenvalue weighted by molar-refractivity contribution is 0.0971. The fraction of sp³-hybridized carbons (Fsp3) is 0.571. The van der Waals surface area contributed by atoms with Gasteiger partial charge in [0, 0.05) is 0 Å². The molecule has 1 aromatic carbocycles. The summed E-state index contributed by atoms with van der Waals surface area (Å²) in [6, 6.07) is 2.36. The van der Waals surface area contributed by atoms with Gasteiger partial charge in [-0.1, -0.05) is 19.9 Å². The average molecular weight is 289 g/mol. The molecule has 0 saturated heterocycles. The molecule has 20 heavy (non-hydrogen) atoms. The van der Waals surface area contributed by atoms with Gasteiger partial charge < -0.3 is 17.7 Å². The summed E-state index contributed by atoms with van der Waals surface area (Å²) in [4.78, 5) is 0. The normalized spacial score (nSPS) is 27.4. The van der Waals surface area contributed by atoms with Gasteiger partial charge in [0.2, 0.25) is 0 Å². The molecule has 1 aliphatic carbocycles. The van der Waals surface area contributed by atoms with Crippen LogP contribution in [0.5, 0.6) is 5.75 Å². The van der Waals surface area contributed by atoms with Gasteiger partial charge >= 0.3 is 6.98 Å². The van der Waals surface area contributed by atoms with E-state index in [0.29, 0.717) is 11.8 Å². The standard InChI is InChI=1S/C14H18BF4O/c1-9-5-10(2)7-12(6-9)20-14-8-11(15(17,18)19)3-4-13(14)16/h3-4,8-10,12H,5-7H2,1-2H3/q-1. The molecule has 1 aromatic rings. The summed E-state index contributed by atoms with van der Waals surface area (Å²) in [5, 5.41) is 0. The van der Waals surface area contributed by atoms with Gasteiger partial charge in [-0.15, -0.1) is 5.46 Å². The summed E-state index contributed by atoms with van der Waals surface area (Å²) in [6.07, 6.45) is 2.38. The van der Waals surface area contributed by atoms with Crippen molar-refractivity contribution in [2.24, 2.45) is 11.8 Å². The first-order valence-corrected chi connectivity index (χ1v) is 6.91. The van der Waals surface area contributed by atoms with E-state index in [1.165, 1.54) is 0 Å². The minimum absolute atomic E-state index is 0.209. The molecular weight excluding hydrogens is 271 g/mol. The van der Waals surface area contributed by atoms with Gasteiger partial charge in [0.1, 0.15) is 0 Å². The molecule has 0 aliphatic heterocycles. The zero-order valence-corrected chi connectivity index (χ0v) is 11.6. The van der Waals surface area contributed by atoms with Crippen LogP contribution in [0.4, 0.5) is 17.3 Å².